The van der Waals surface area contributed by atoms with Gasteiger partial charge < -0.3 is 9.05 Å². The van der Waals surface area contributed by atoms with Gasteiger partial charge in [-0.2, -0.15) is 0 Å². The lowest BCUT2D eigenvalue weighted by Crippen LogP contribution is -2.09. The van der Waals surface area contributed by atoms with Gasteiger partial charge in [-0.25, -0.2) is 0 Å². The third kappa shape index (κ3) is 12.4. The summed E-state index contributed by atoms with van der Waals surface area (Å²) in [7, 11) is 0. The van der Waals surface area contributed by atoms with Crippen molar-refractivity contribution in [1.29, 1.82) is 0 Å². The predicted octanol–water partition coefficient (Wildman–Crippen LogP) is 6.16. The molecule has 0 aliphatic heterocycles. The van der Waals surface area contributed by atoms with Gasteiger partial charge in [-0.15, -0.1) is 0 Å². The van der Waals surface area contributed by atoms with Gasteiger partial charge in [-0.1, -0.05) is 71.7 Å². The van der Waals surface area contributed by atoms with Crippen LogP contribution in [-0.2, 0) is 20.9 Å². The maximum atomic E-state index is 5.95. The molecule has 0 radical (unpaired) electrons. The lowest BCUT2D eigenvalue weighted by Gasteiger charge is -2.28. The first kappa shape index (κ1) is 19.9. The van der Waals surface area contributed by atoms with Gasteiger partial charge in [-0.3, -0.25) is 0 Å². The fourth-order valence-electron chi connectivity index (χ4n) is 1.48. The molecule has 0 spiro atoms. The van der Waals surface area contributed by atoms with Crippen LogP contribution in [0.15, 0.2) is 0 Å². The van der Waals surface area contributed by atoms with E-state index in [4.69, 9.17) is 20.9 Å². The molecule has 0 saturated carbocycles. The van der Waals surface area contributed by atoms with Crippen molar-refractivity contribution in [2.45, 2.75) is 77.9 Å². The van der Waals surface area contributed by atoms with E-state index in [1.807, 2.05) is 0 Å². The molecule has 5 heteroatoms. The van der Waals surface area contributed by atoms with Crippen LogP contribution in [0, 0.1) is 0 Å². The van der Waals surface area contributed by atoms with Gasteiger partial charge in [0.2, 0.25) is 5.69 Å². The number of unbranched alkanes of at least 4 members (excludes halogenated alkanes) is 4. The van der Waals surface area contributed by atoms with E-state index in [2.05, 4.69) is 34.6 Å². The largest absolute Gasteiger partial charge is 0.322 e. The van der Waals surface area contributed by atoms with Crippen LogP contribution in [0.1, 0.15) is 73.1 Å². The van der Waals surface area contributed by atoms with Gasteiger partial charge in [0.1, 0.15) is 0 Å². The second kappa shape index (κ2) is 10.6. The molecule has 0 amide bonds. The van der Waals surface area contributed by atoms with Crippen molar-refractivity contribution in [3.63, 3.8) is 0 Å². The molecule has 0 atom stereocenters. The first-order valence-electron chi connectivity index (χ1n) is 7.43. The molecule has 0 heterocycles. The smallest absolute Gasteiger partial charge is 0.247 e. The summed E-state index contributed by atoms with van der Waals surface area (Å²) in [6, 6.07) is 0. The SMILES string of the molecule is CCCCCOP(=S)(OCCCCC)SC(C)(C)C. The minimum absolute atomic E-state index is 0.0883. The average Bonchev–Trinajstić information content (AvgIpc) is 2.28. The highest BCUT2D eigenvalue weighted by atomic mass is 32.9. The summed E-state index contributed by atoms with van der Waals surface area (Å²) in [6.07, 6.45) is 6.97. The molecule has 0 aliphatic rings. The summed E-state index contributed by atoms with van der Waals surface area (Å²) in [6.45, 7) is 12.4. The Balaban J connectivity index is 4.24. The third-order valence-corrected chi connectivity index (χ3v) is 8.40. The summed E-state index contributed by atoms with van der Waals surface area (Å²) in [5, 5.41) is 0. The summed E-state index contributed by atoms with van der Waals surface area (Å²) in [5.74, 6) is 0. The molecule has 116 valence electrons. The summed E-state index contributed by atoms with van der Waals surface area (Å²) < 4.78 is 12.0. The van der Waals surface area contributed by atoms with E-state index in [1.54, 1.807) is 11.4 Å². The minimum atomic E-state index is -2.17. The maximum Gasteiger partial charge on any atom is 0.247 e. The Bertz CT molecular complexity index is 249. The Labute approximate surface area is 129 Å². The molecule has 0 N–H and O–H groups in total. The highest BCUT2D eigenvalue weighted by molar-refractivity contribution is 8.68. The molecule has 0 saturated heterocycles. The van der Waals surface area contributed by atoms with Crippen LogP contribution in [-0.4, -0.2) is 18.0 Å². The van der Waals surface area contributed by atoms with E-state index in [-0.39, 0.29) is 4.75 Å². The van der Waals surface area contributed by atoms with Crippen LogP contribution in [0.2, 0.25) is 0 Å². The Kier molecular flexibility index (Phi) is 11.1. The van der Waals surface area contributed by atoms with E-state index in [9.17, 15) is 0 Å². The van der Waals surface area contributed by atoms with Crippen molar-refractivity contribution in [2.75, 3.05) is 13.2 Å². The van der Waals surface area contributed by atoms with Crippen molar-refractivity contribution < 1.29 is 9.05 Å². The van der Waals surface area contributed by atoms with E-state index in [1.165, 1.54) is 25.7 Å². The monoisotopic (exact) mass is 326 g/mol. The van der Waals surface area contributed by atoms with Crippen LogP contribution < -0.4 is 0 Å². The van der Waals surface area contributed by atoms with Gasteiger partial charge in [-0.05, 0) is 24.6 Å². The molecule has 0 aromatic heterocycles. The van der Waals surface area contributed by atoms with Crippen LogP contribution in [0.3, 0.4) is 0 Å². The fraction of sp³-hybridized carbons (Fsp3) is 1.00. The number of hydrogen-bond donors (Lipinski definition) is 0. The zero-order valence-electron chi connectivity index (χ0n) is 13.2. The molecule has 0 unspecified atom stereocenters. The van der Waals surface area contributed by atoms with E-state index >= 15 is 0 Å². The normalized spacial score (nSPS) is 12.9. The minimum Gasteiger partial charge on any atom is -0.322 e. The van der Waals surface area contributed by atoms with E-state index in [0.717, 1.165) is 26.1 Å². The maximum absolute atomic E-state index is 5.95. The van der Waals surface area contributed by atoms with Crippen LogP contribution in [0.4, 0.5) is 0 Å². The highest BCUT2D eigenvalue weighted by Crippen LogP contribution is 2.65. The van der Waals surface area contributed by atoms with Crippen molar-refractivity contribution in [3.05, 3.63) is 0 Å². The van der Waals surface area contributed by atoms with Gasteiger partial charge in [0.15, 0.2) is 0 Å². The topological polar surface area (TPSA) is 18.5 Å². The quantitative estimate of drug-likeness (QED) is 0.334. The van der Waals surface area contributed by atoms with E-state index < -0.39 is 5.69 Å². The molecular weight excluding hydrogens is 295 g/mol. The highest BCUT2D eigenvalue weighted by Gasteiger charge is 2.27. The fourth-order valence-corrected chi connectivity index (χ4v) is 8.27. The summed E-state index contributed by atoms with van der Waals surface area (Å²) in [5.41, 5.74) is -2.17. The molecule has 0 aromatic rings. The van der Waals surface area contributed by atoms with Gasteiger partial charge in [0.25, 0.3) is 0 Å². The second-order valence-corrected chi connectivity index (χ2v) is 12.7. The Morgan fingerprint density at radius 2 is 1.32 bits per heavy atom. The predicted molar refractivity (Wildman–Crippen MR) is 92.6 cm³/mol. The van der Waals surface area contributed by atoms with Crippen molar-refractivity contribution in [3.8, 4) is 0 Å². The average molecular weight is 327 g/mol. The van der Waals surface area contributed by atoms with Crippen molar-refractivity contribution >= 4 is 28.9 Å². The lowest BCUT2D eigenvalue weighted by molar-refractivity contribution is 0.250. The molecule has 2 nitrogen and oxygen atoms in total. The molecular formula is C14H31O2PS2. The Morgan fingerprint density at radius 3 is 1.63 bits per heavy atom. The molecule has 0 bridgehead atoms. The Morgan fingerprint density at radius 1 is 0.895 bits per heavy atom. The molecule has 0 rings (SSSR count). The van der Waals surface area contributed by atoms with Crippen LogP contribution >= 0.6 is 17.1 Å². The zero-order valence-corrected chi connectivity index (χ0v) is 15.8. The van der Waals surface area contributed by atoms with Crippen LogP contribution in [0.5, 0.6) is 0 Å². The van der Waals surface area contributed by atoms with Gasteiger partial charge in [0, 0.05) is 4.75 Å². The van der Waals surface area contributed by atoms with Crippen molar-refractivity contribution in [2.24, 2.45) is 0 Å². The Hall–Kier alpha value is 0.920. The number of rotatable bonds is 11. The summed E-state index contributed by atoms with van der Waals surface area (Å²) in [4.78, 5) is 0. The molecule has 0 aromatic carbocycles. The molecule has 0 aliphatic carbocycles. The van der Waals surface area contributed by atoms with Gasteiger partial charge >= 0.3 is 0 Å². The zero-order chi connectivity index (χ0) is 14.8. The lowest BCUT2D eigenvalue weighted by atomic mass is 10.3. The standard InChI is InChI=1S/C14H31O2PS2/c1-6-8-10-12-15-17(18,19-14(3,4)5)16-13-11-9-7-2/h6-13H2,1-5H3. The van der Waals surface area contributed by atoms with Crippen molar-refractivity contribution in [1.82, 2.24) is 0 Å². The first-order valence-corrected chi connectivity index (χ1v) is 11.5. The third-order valence-electron chi connectivity index (χ3n) is 2.38. The number of hydrogen-bond acceptors (Lipinski definition) is 4. The first-order chi connectivity index (χ1) is 8.83. The second-order valence-electron chi connectivity index (χ2n) is 5.73. The van der Waals surface area contributed by atoms with E-state index in [0.29, 0.717) is 0 Å². The molecule has 19 heavy (non-hydrogen) atoms. The van der Waals surface area contributed by atoms with Crippen LogP contribution in [0.25, 0.3) is 0 Å². The summed E-state index contributed by atoms with van der Waals surface area (Å²) >= 11 is 7.38. The molecule has 0 fully saturated rings. The van der Waals surface area contributed by atoms with Gasteiger partial charge in [0.05, 0.1) is 13.2 Å².